The summed E-state index contributed by atoms with van der Waals surface area (Å²) in [6, 6.07) is 6.30. The molecule has 1 aliphatic rings. The average Bonchev–Trinajstić information content (AvgIpc) is 2.97. The van der Waals surface area contributed by atoms with Crippen molar-refractivity contribution in [3.8, 4) is 5.69 Å². The first-order valence-corrected chi connectivity index (χ1v) is 7.11. The summed E-state index contributed by atoms with van der Waals surface area (Å²) in [7, 11) is 0. The number of nitro benzene ring substituents is 1. The van der Waals surface area contributed by atoms with Crippen LogP contribution in [0.4, 0.5) is 5.69 Å². The number of rotatable bonds is 4. The van der Waals surface area contributed by atoms with Crippen molar-refractivity contribution in [2.45, 2.75) is 25.8 Å². The van der Waals surface area contributed by atoms with E-state index in [9.17, 15) is 10.1 Å². The van der Waals surface area contributed by atoms with E-state index in [1.165, 1.54) is 31.4 Å². The number of likely N-dealkylation sites (tertiary alicyclic amines) is 1. The third-order valence-electron chi connectivity index (χ3n) is 3.70. The molecule has 0 saturated carbocycles. The number of non-ortho nitro benzene ring substituents is 1. The molecule has 0 atom stereocenters. The number of hydrogen-bond donors (Lipinski definition) is 0. The second-order valence-corrected chi connectivity index (χ2v) is 5.26. The fraction of sp³-hybridized carbons (Fsp3) is 0.429. The van der Waals surface area contributed by atoms with Crippen molar-refractivity contribution in [1.82, 2.24) is 19.9 Å². The van der Waals surface area contributed by atoms with Crippen LogP contribution < -0.4 is 0 Å². The molecule has 1 saturated heterocycles. The Hall–Kier alpha value is -2.28. The van der Waals surface area contributed by atoms with E-state index < -0.39 is 4.92 Å². The number of nitro groups is 1. The summed E-state index contributed by atoms with van der Waals surface area (Å²) in [4.78, 5) is 12.6. The van der Waals surface area contributed by atoms with Crippen LogP contribution in [-0.4, -0.2) is 37.9 Å². The molecule has 1 aromatic carbocycles. The minimum Gasteiger partial charge on any atom is -0.297 e. The van der Waals surface area contributed by atoms with Gasteiger partial charge in [-0.05, 0) is 38.1 Å². The van der Waals surface area contributed by atoms with Crippen molar-refractivity contribution in [3.63, 3.8) is 0 Å². The SMILES string of the molecule is O=[N+]([O-])c1ccc(-n2cc(CN3CCCCC3)nn2)cc1. The standard InChI is InChI=1S/C14H17N5O2/c20-19(21)14-6-4-13(5-7-14)18-11-12(15-16-18)10-17-8-2-1-3-9-17/h4-7,11H,1-3,8-10H2. The van der Waals surface area contributed by atoms with Gasteiger partial charge in [-0.2, -0.15) is 0 Å². The minimum atomic E-state index is -0.410. The van der Waals surface area contributed by atoms with E-state index >= 15 is 0 Å². The fourth-order valence-electron chi connectivity index (χ4n) is 2.57. The van der Waals surface area contributed by atoms with Crippen LogP contribution in [0.15, 0.2) is 30.5 Å². The molecule has 0 radical (unpaired) electrons. The topological polar surface area (TPSA) is 77.1 Å². The van der Waals surface area contributed by atoms with Crippen molar-refractivity contribution in [2.75, 3.05) is 13.1 Å². The molecule has 1 aliphatic heterocycles. The molecule has 3 rings (SSSR count). The molecule has 2 heterocycles. The lowest BCUT2D eigenvalue weighted by molar-refractivity contribution is -0.384. The van der Waals surface area contributed by atoms with Gasteiger partial charge in [0.05, 0.1) is 22.5 Å². The Morgan fingerprint density at radius 2 is 1.86 bits per heavy atom. The van der Waals surface area contributed by atoms with Gasteiger partial charge in [-0.15, -0.1) is 5.10 Å². The maximum atomic E-state index is 10.6. The van der Waals surface area contributed by atoms with E-state index in [0.717, 1.165) is 31.0 Å². The van der Waals surface area contributed by atoms with Gasteiger partial charge < -0.3 is 0 Å². The molecule has 110 valence electrons. The highest BCUT2D eigenvalue weighted by molar-refractivity contribution is 5.40. The summed E-state index contributed by atoms with van der Waals surface area (Å²) in [5.41, 5.74) is 1.78. The lowest BCUT2D eigenvalue weighted by atomic mass is 10.1. The zero-order valence-electron chi connectivity index (χ0n) is 11.7. The van der Waals surface area contributed by atoms with Crippen molar-refractivity contribution < 1.29 is 4.92 Å². The average molecular weight is 287 g/mol. The van der Waals surface area contributed by atoms with Gasteiger partial charge in [0, 0.05) is 18.7 Å². The van der Waals surface area contributed by atoms with Crippen molar-refractivity contribution in [2.24, 2.45) is 0 Å². The minimum absolute atomic E-state index is 0.0763. The Labute approximate surface area is 122 Å². The van der Waals surface area contributed by atoms with E-state index in [-0.39, 0.29) is 5.69 Å². The second kappa shape index (κ2) is 6.01. The summed E-state index contributed by atoms with van der Waals surface area (Å²) >= 11 is 0. The summed E-state index contributed by atoms with van der Waals surface area (Å²) in [5.74, 6) is 0. The lowest BCUT2D eigenvalue weighted by Crippen LogP contribution is -2.29. The third-order valence-corrected chi connectivity index (χ3v) is 3.70. The predicted octanol–water partition coefficient (Wildman–Crippen LogP) is 2.16. The van der Waals surface area contributed by atoms with E-state index in [1.54, 1.807) is 16.8 Å². The van der Waals surface area contributed by atoms with Crippen LogP contribution in [0, 0.1) is 10.1 Å². The molecule has 2 aromatic rings. The molecule has 21 heavy (non-hydrogen) atoms. The van der Waals surface area contributed by atoms with Gasteiger partial charge in [0.2, 0.25) is 0 Å². The highest BCUT2D eigenvalue weighted by Gasteiger charge is 2.13. The van der Waals surface area contributed by atoms with Gasteiger partial charge in [-0.1, -0.05) is 11.6 Å². The van der Waals surface area contributed by atoms with Crippen LogP contribution in [0.5, 0.6) is 0 Å². The number of aromatic nitrogens is 3. The fourth-order valence-corrected chi connectivity index (χ4v) is 2.57. The quantitative estimate of drug-likeness (QED) is 0.636. The van der Waals surface area contributed by atoms with Crippen LogP contribution in [0.3, 0.4) is 0 Å². The first kappa shape index (κ1) is 13.7. The predicted molar refractivity (Wildman–Crippen MR) is 77.1 cm³/mol. The van der Waals surface area contributed by atoms with Crippen LogP contribution in [0.2, 0.25) is 0 Å². The molecular formula is C14H17N5O2. The number of benzene rings is 1. The van der Waals surface area contributed by atoms with Crippen molar-refractivity contribution in [1.29, 1.82) is 0 Å². The third kappa shape index (κ3) is 3.25. The van der Waals surface area contributed by atoms with Gasteiger partial charge in [0.25, 0.3) is 5.69 Å². The number of piperidine rings is 1. The molecule has 0 aliphatic carbocycles. The first-order chi connectivity index (χ1) is 10.2. The van der Waals surface area contributed by atoms with E-state index in [4.69, 9.17) is 0 Å². The Morgan fingerprint density at radius 1 is 1.14 bits per heavy atom. The molecule has 7 heteroatoms. The number of nitrogens with zero attached hydrogens (tertiary/aromatic N) is 5. The zero-order chi connectivity index (χ0) is 14.7. The van der Waals surface area contributed by atoms with Gasteiger partial charge in [0.15, 0.2) is 0 Å². The van der Waals surface area contributed by atoms with Crippen LogP contribution in [-0.2, 0) is 6.54 Å². The van der Waals surface area contributed by atoms with Crippen LogP contribution >= 0.6 is 0 Å². The van der Waals surface area contributed by atoms with Crippen LogP contribution in [0.1, 0.15) is 25.0 Å². The highest BCUT2D eigenvalue weighted by atomic mass is 16.6. The second-order valence-electron chi connectivity index (χ2n) is 5.26. The van der Waals surface area contributed by atoms with Crippen molar-refractivity contribution in [3.05, 3.63) is 46.3 Å². The Morgan fingerprint density at radius 3 is 2.52 bits per heavy atom. The summed E-state index contributed by atoms with van der Waals surface area (Å²) in [6.45, 7) is 3.04. The summed E-state index contributed by atoms with van der Waals surface area (Å²) < 4.78 is 1.66. The Bertz CT molecular complexity index is 617. The molecule has 0 N–H and O–H groups in total. The lowest BCUT2D eigenvalue weighted by Gasteiger charge is -2.25. The smallest absolute Gasteiger partial charge is 0.269 e. The monoisotopic (exact) mass is 287 g/mol. The Balaban J connectivity index is 1.70. The summed E-state index contributed by atoms with van der Waals surface area (Å²) in [6.07, 6.45) is 5.69. The molecule has 7 nitrogen and oxygen atoms in total. The largest absolute Gasteiger partial charge is 0.297 e. The molecule has 0 unspecified atom stereocenters. The zero-order valence-corrected chi connectivity index (χ0v) is 11.7. The molecule has 0 bridgehead atoms. The molecule has 1 aromatic heterocycles. The van der Waals surface area contributed by atoms with Crippen LogP contribution in [0.25, 0.3) is 5.69 Å². The molecule has 0 spiro atoms. The van der Waals surface area contributed by atoms with E-state index in [2.05, 4.69) is 15.2 Å². The molecular weight excluding hydrogens is 270 g/mol. The van der Waals surface area contributed by atoms with Gasteiger partial charge in [-0.3, -0.25) is 15.0 Å². The molecule has 0 amide bonds. The van der Waals surface area contributed by atoms with E-state index in [0.29, 0.717) is 0 Å². The van der Waals surface area contributed by atoms with Gasteiger partial charge >= 0.3 is 0 Å². The summed E-state index contributed by atoms with van der Waals surface area (Å²) in [5, 5.41) is 18.9. The number of hydrogen-bond acceptors (Lipinski definition) is 5. The molecule has 1 fully saturated rings. The van der Waals surface area contributed by atoms with E-state index in [1.807, 2.05) is 6.20 Å². The van der Waals surface area contributed by atoms with Crippen molar-refractivity contribution >= 4 is 5.69 Å². The Kier molecular flexibility index (Phi) is 3.92. The highest BCUT2D eigenvalue weighted by Crippen LogP contribution is 2.16. The van der Waals surface area contributed by atoms with Gasteiger partial charge in [-0.25, -0.2) is 4.68 Å². The first-order valence-electron chi connectivity index (χ1n) is 7.11. The maximum absolute atomic E-state index is 10.6. The maximum Gasteiger partial charge on any atom is 0.269 e. The van der Waals surface area contributed by atoms with Gasteiger partial charge in [0.1, 0.15) is 0 Å². The normalized spacial score (nSPS) is 16.0.